The van der Waals surface area contributed by atoms with Crippen LogP contribution in [0.2, 0.25) is 0 Å². The summed E-state index contributed by atoms with van der Waals surface area (Å²) in [6.45, 7) is 1.53. The van der Waals surface area contributed by atoms with Crippen LogP contribution in [0, 0.1) is 0 Å². The van der Waals surface area contributed by atoms with Crippen molar-refractivity contribution in [1.29, 1.82) is 0 Å². The van der Waals surface area contributed by atoms with Crippen molar-refractivity contribution in [1.82, 2.24) is 10.3 Å². The van der Waals surface area contributed by atoms with Crippen LogP contribution in [0.25, 0.3) is 10.9 Å². The molecule has 0 saturated carbocycles. The molecule has 3 rings (SSSR count). The quantitative estimate of drug-likeness (QED) is 0.593. The third kappa shape index (κ3) is 5.54. The van der Waals surface area contributed by atoms with Crippen LogP contribution in [0.5, 0.6) is 5.75 Å². The van der Waals surface area contributed by atoms with Crippen LogP contribution in [0.4, 0.5) is 0 Å². The monoisotopic (exact) mass is 392 g/mol. The summed E-state index contributed by atoms with van der Waals surface area (Å²) in [5.41, 5.74) is 2.56. The van der Waals surface area contributed by atoms with Crippen LogP contribution in [-0.4, -0.2) is 30.6 Å². The van der Waals surface area contributed by atoms with E-state index in [1.54, 1.807) is 7.11 Å². The van der Waals surface area contributed by atoms with Crippen molar-refractivity contribution in [3.05, 3.63) is 71.9 Å². The highest BCUT2D eigenvalue weighted by atomic mass is 16.5. The second-order valence-electron chi connectivity index (χ2n) is 6.69. The van der Waals surface area contributed by atoms with Gasteiger partial charge in [0, 0.05) is 23.1 Å². The number of amides is 1. The Morgan fingerprint density at radius 3 is 2.62 bits per heavy atom. The Balaban J connectivity index is 1.45. The summed E-state index contributed by atoms with van der Waals surface area (Å²) in [6.07, 6.45) is 0.629. The van der Waals surface area contributed by atoms with Gasteiger partial charge in [-0.15, -0.1) is 0 Å². The molecular formula is C23H24N2O4. The van der Waals surface area contributed by atoms with E-state index < -0.39 is 5.97 Å². The molecule has 1 N–H and O–H groups in total. The minimum Gasteiger partial charge on any atom is -0.496 e. The van der Waals surface area contributed by atoms with Crippen LogP contribution in [0.3, 0.4) is 0 Å². The highest BCUT2D eigenvalue weighted by Gasteiger charge is 2.15. The minimum absolute atomic E-state index is 0.167. The number of pyridine rings is 1. The standard InChI is InChI=1S/C23H24N2O4/c1-16(19-8-4-6-10-21(19)28-2)24-22(26)15-29-23(27)14-13-18-12-11-17-7-3-5-9-20(17)25-18/h3-12,16H,13-15H2,1-2H3,(H,24,26). The fraction of sp³-hybridized carbons (Fsp3) is 0.261. The smallest absolute Gasteiger partial charge is 0.306 e. The molecule has 6 heteroatoms. The van der Waals surface area contributed by atoms with Gasteiger partial charge in [-0.3, -0.25) is 14.6 Å². The van der Waals surface area contributed by atoms with Gasteiger partial charge in [-0.25, -0.2) is 0 Å². The van der Waals surface area contributed by atoms with Crippen LogP contribution in [-0.2, 0) is 20.7 Å². The number of hydrogen-bond acceptors (Lipinski definition) is 5. The van der Waals surface area contributed by atoms with E-state index in [4.69, 9.17) is 9.47 Å². The lowest BCUT2D eigenvalue weighted by Crippen LogP contribution is -2.31. The topological polar surface area (TPSA) is 77.5 Å². The number of nitrogens with one attached hydrogen (secondary N) is 1. The maximum Gasteiger partial charge on any atom is 0.306 e. The Kier molecular flexibility index (Phi) is 6.79. The van der Waals surface area contributed by atoms with Crippen molar-refractivity contribution in [3.63, 3.8) is 0 Å². The van der Waals surface area contributed by atoms with Gasteiger partial charge in [-0.1, -0.05) is 42.5 Å². The number of fused-ring (bicyclic) bond motifs is 1. The molecule has 1 heterocycles. The Morgan fingerprint density at radius 1 is 1.03 bits per heavy atom. The molecule has 3 aromatic rings. The SMILES string of the molecule is COc1ccccc1C(C)NC(=O)COC(=O)CCc1ccc2ccccc2n1. The molecule has 0 aliphatic heterocycles. The fourth-order valence-electron chi connectivity index (χ4n) is 3.08. The number of hydrogen-bond donors (Lipinski definition) is 1. The molecule has 1 amide bonds. The van der Waals surface area contributed by atoms with Gasteiger partial charge in [0.2, 0.25) is 0 Å². The van der Waals surface area contributed by atoms with E-state index in [1.165, 1.54) is 0 Å². The summed E-state index contributed by atoms with van der Waals surface area (Å²) in [5.74, 6) is -0.0965. The zero-order chi connectivity index (χ0) is 20.6. The number of methoxy groups -OCH3 is 1. The zero-order valence-electron chi connectivity index (χ0n) is 16.6. The molecule has 150 valence electrons. The predicted octanol–water partition coefficient (Wildman–Crippen LogP) is 3.60. The number of para-hydroxylation sites is 2. The molecule has 1 atom stereocenters. The fourth-order valence-corrected chi connectivity index (χ4v) is 3.08. The Bertz CT molecular complexity index is 1000. The second kappa shape index (κ2) is 9.68. The van der Waals surface area contributed by atoms with Crippen molar-refractivity contribution >= 4 is 22.8 Å². The van der Waals surface area contributed by atoms with Crippen LogP contribution >= 0.6 is 0 Å². The van der Waals surface area contributed by atoms with Crippen molar-refractivity contribution in [2.75, 3.05) is 13.7 Å². The Hall–Kier alpha value is -3.41. The molecule has 6 nitrogen and oxygen atoms in total. The normalized spacial score (nSPS) is 11.7. The largest absolute Gasteiger partial charge is 0.496 e. The summed E-state index contributed by atoms with van der Waals surface area (Å²) in [6, 6.07) is 18.9. The first-order chi connectivity index (χ1) is 14.1. The first kappa shape index (κ1) is 20.3. The van der Waals surface area contributed by atoms with Crippen molar-refractivity contribution < 1.29 is 19.1 Å². The molecule has 0 saturated heterocycles. The maximum absolute atomic E-state index is 12.1. The molecule has 0 aliphatic rings. The average Bonchev–Trinajstić information content (AvgIpc) is 2.76. The number of ether oxygens (including phenoxy) is 2. The molecule has 0 bridgehead atoms. The summed E-state index contributed by atoms with van der Waals surface area (Å²) >= 11 is 0. The zero-order valence-corrected chi connectivity index (χ0v) is 16.6. The molecule has 1 aromatic heterocycles. The highest BCUT2D eigenvalue weighted by molar-refractivity contribution is 5.81. The lowest BCUT2D eigenvalue weighted by atomic mass is 10.1. The van der Waals surface area contributed by atoms with Gasteiger partial charge in [0.05, 0.1) is 25.1 Å². The van der Waals surface area contributed by atoms with Crippen LogP contribution < -0.4 is 10.1 Å². The first-order valence-corrected chi connectivity index (χ1v) is 9.49. The lowest BCUT2D eigenvalue weighted by molar-refractivity contribution is -0.148. The molecule has 1 unspecified atom stereocenters. The first-order valence-electron chi connectivity index (χ1n) is 9.49. The summed E-state index contributed by atoms with van der Waals surface area (Å²) < 4.78 is 10.4. The Labute approximate surface area is 169 Å². The van der Waals surface area contributed by atoms with Crippen molar-refractivity contribution in [3.8, 4) is 5.75 Å². The molecule has 29 heavy (non-hydrogen) atoms. The number of rotatable bonds is 8. The number of nitrogens with zero attached hydrogens (tertiary/aromatic N) is 1. The lowest BCUT2D eigenvalue weighted by Gasteiger charge is -2.17. The van der Waals surface area contributed by atoms with Gasteiger partial charge in [0.25, 0.3) is 5.91 Å². The van der Waals surface area contributed by atoms with Gasteiger partial charge in [0.15, 0.2) is 6.61 Å². The van der Waals surface area contributed by atoms with Crippen LogP contribution in [0.15, 0.2) is 60.7 Å². The van der Waals surface area contributed by atoms with Gasteiger partial charge in [-0.05, 0) is 25.1 Å². The maximum atomic E-state index is 12.1. The van der Waals surface area contributed by atoms with Gasteiger partial charge in [0.1, 0.15) is 5.75 Å². The highest BCUT2D eigenvalue weighted by Crippen LogP contribution is 2.24. The van der Waals surface area contributed by atoms with Crippen LogP contribution in [0.1, 0.15) is 30.6 Å². The molecule has 0 spiro atoms. The number of benzene rings is 2. The third-order valence-electron chi connectivity index (χ3n) is 4.59. The molecule has 0 fully saturated rings. The molecular weight excluding hydrogens is 368 g/mol. The predicted molar refractivity (Wildman–Crippen MR) is 111 cm³/mol. The number of carbonyl (C=O) groups is 2. The van der Waals surface area contributed by atoms with E-state index in [2.05, 4.69) is 10.3 Å². The number of aromatic nitrogens is 1. The minimum atomic E-state index is -0.431. The second-order valence-corrected chi connectivity index (χ2v) is 6.69. The molecule has 2 aromatic carbocycles. The van der Waals surface area contributed by atoms with E-state index in [0.29, 0.717) is 12.2 Å². The van der Waals surface area contributed by atoms with E-state index in [-0.39, 0.29) is 25.0 Å². The van der Waals surface area contributed by atoms with E-state index in [1.807, 2.05) is 67.6 Å². The summed E-state index contributed by atoms with van der Waals surface area (Å²) in [5, 5.41) is 3.87. The molecule has 0 radical (unpaired) electrons. The summed E-state index contributed by atoms with van der Waals surface area (Å²) in [4.78, 5) is 28.6. The third-order valence-corrected chi connectivity index (χ3v) is 4.59. The van der Waals surface area contributed by atoms with Gasteiger partial charge in [-0.2, -0.15) is 0 Å². The van der Waals surface area contributed by atoms with Gasteiger partial charge >= 0.3 is 5.97 Å². The van der Waals surface area contributed by atoms with E-state index in [9.17, 15) is 9.59 Å². The average molecular weight is 392 g/mol. The van der Waals surface area contributed by atoms with Crippen molar-refractivity contribution in [2.45, 2.75) is 25.8 Å². The van der Waals surface area contributed by atoms with Gasteiger partial charge < -0.3 is 14.8 Å². The van der Waals surface area contributed by atoms with E-state index >= 15 is 0 Å². The van der Waals surface area contributed by atoms with Crippen molar-refractivity contribution in [2.24, 2.45) is 0 Å². The number of carbonyl (C=O) groups excluding carboxylic acids is 2. The van der Waals surface area contributed by atoms with E-state index in [0.717, 1.165) is 22.2 Å². The number of esters is 1. The number of aryl methyl sites for hydroxylation is 1. The molecule has 0 aliphatic carbocycles. The summed E-state index contributed by atoms with van der Waals surface area (Å²) in [7, 11) is 1.58. The Morgan fingerprint density at radius 2 is 1.79 bits per heavy atom.